The fraction of sp³-hybridized carbons (Fsp3) is 0.320. The van der Waals surface area contributed by atoms with Crippen LogP contribution in [0.5, 0.6) is 5.75 Å². The number of imidazole rings is 1. The second-order valence-corrected chi connectivity index (χ2v) is 8.38. The van der Waals surface area contributed by atoms with Crippen molar-refractivity contribution >= 4 is 17.5 Å². The summed E-state index contributed by atoms with van der Waals surface area (Å²) in [6, 6.07) is 16.5. The summed E-state index contributed by atoms with van der Waals surface area (Å²) >= 11 is 0. The molecule has 8 nitrogen and oxygen atoms in total. The summed E-state index contributed by atoms with van der Waals surface area (Å²) in [7, 11) is 1.60. The van der Waals surface area contributed by atoms with Crippen molar-refractivity contribution in [3.05, 3.63) is 78.4 Å². The first-order valence-electron chi connectivity index (χ1n) is 11.1. The Morgan fingerprint density at radius 1 is 1.09 bits per heavy atom. The van der Waals surface area contributed by atoms with Crippen molar-refractivity contribution in [1.82, 2.24) is 14.5 Å². The molecule has 3 aromatic rings. The minimum absolute atomic E-state index is 0.0231. The lowest BCUT2D eigenvalue weighted by Gasteiger charge is -2.45. The molecular formula is C25H26N4O4. The van der Waals surface area contributed by atoms with Gasteiger partial charge in [-0.15, -0.1) is 0 Å². The van der Waals surface area contributed by atoms with Crippen molar-refractivity contribution < 1.29 is 19.1 Å². The molecule has 1 aromatic heterocycles. The van der Waals surface area contributed by atoms with Crippen LogP contribution in [-0.4, -0.2) is 52.6 Å². The lowest BCUT2D eigenvalue weighted by Crippen LogP contribution is -2.54. The molecule has 33 heavy (non-hydrogen) atoms. The van der Waals surface area contributed by atoms with Crippen LogP contribution in [0, 0.1) is 0 Å². The van der Waals surface area contributed by atoms with Crippen LogP contribution in [0.2, 0.25) is 0 Å². The minimum atomic E-state index is -0.697. The highest BCUT2D eigenvalue weighted by atomic mass is 16.5. The molecule has 2 aliphatic heterocycles. The summed E-state index contributed by atoms with van der Waals surface area (Å²) in [5, 5.41) is 2.94. The Hall–Kier alpha value is -3.65. The Kier molecular flexibility index (Phi) is 5.60. The van der Waals surface area contributed by atoms with Crippen LogP contribution < -0.4 is 10.1 Å². The summed E-state index contributed by atoms with van der Waals surface area (Å²) in [6.07, 6.45) is 4.13. The van der Waals surface area contributed by atoms with Gasteiger partial charge in [-0.05, 0) is 36.4 Å². The topological polar surface area (TPSA) is 85.7 Å². The van der Waals surface area contributed by atoms with Crippen LogP contribution in [0.25, 0.3) is 0 Å². The first kappa shape index (κ1) is 21.2. The Labute approximate surface area is 192 Å². The summed E-state index contributed by atoms with van der Waals surface area (Å²) in [4.78, 5) is 32.4. The lowest BCUT2D eigenvalue weighted by atomic mass is 9.88. The molecular weight excluding hydrogens is 420 g/mol. The normalized spacial score (nSPS) is 19.1. The van der Waals surface area contributed by atoms with Gasteiger partial charge in [-0.25, -0.2) is 4.98 Å². The molecule has 1 fully saturated rings. The fourth-order valence-corrected chi connectivity index (χ4v) is 4.61. The fourth-order valence-electron chi connectivity index (χ4n) is 4.61. The molecule has 1 N–H and O–H groups in total. The smallest absolute Gasteiger partial charge is 0.255 e. The zero-order valence-electron chi connectivity index (χ0n) is 18.4. The molecule has 3 heterocycles. The van der Waals surface area contributed by atoms with Crippen molar-refractivity contribution in [3.63, 3.8) is 0 Å². The molecule has 0 bridgehead atoms. The van der Waals surface area contributed by atoms with E-state index in [4.69, 9.17) is 9.47 Å². The van der Waals surface area contributed by atoms with Gasteiger partial charge < -0.3 is 24.3 Å². The van der Waals surface area contributed by atoms with Gasteiger partial charge in [-0.2, -0.15) is 0 Å². The third kappa shape index (κ3) is 4.09. The Morgan fingerprint density at radius 2 is 1.82 bits per heavy atom. The number of piperidine rings is 1. The number of rotatable bonds is 4. The molecule has 2 amide bonds. The maximum Gasteiger partial charge on any atom is 0.255 e. The van der Waals surface area contributed by atoms with Gasteiger partial charge in [-0.1, -0.05) is 18.2 Å². The van der Waals surface area contributed by atoms with E-state index in [1.807, 2.05) is 46.0 Å². The number of benzene rings is 2. The van der Waals surface area contributed by atoms with Crippen LogP contribution in [0.1, 0.15) is 29.0 Å². The molecule has 0 aliphatic carbocycles. The first-order valence-corrected chi connectivity index (χ1v) is 11.1. The molecule has 1 atom stereocenters. The highest BCUT2D eigenvalue weighted by Gasteiger charge is 2.47. The van der Waals surface area contributed by atoms with E-state index < -0.39 is 11.7 Å². The third-order valence-corrected chi connectivity index (χ3v) is 6.38. The maximum atomic E-state index is 13.0. The number of methoxy groups -OCH3 is 1. The molecule has 0 radical (unpaired) electrons. The van der Waals surface area contributed by atoms with Gasteiger partial charge in [0, 0.05) is 49.6 Å². The maximum absolute atomic E-state index is 13.0. The average molecular weight is 447 g/mol. The average Bonchev–Trinajstić information content (AvgIpc) is 3.35. The molecule has 2 aromatic carbocycles. The van der Waals surface area contributed by atoms with E-state index in [1.54, 1.807) is 37.6 Å². The van der Waals surface area contributed by atoms with Gasteiger partial charge >= 0.3 is 0 Å². The number of carbonyl (C=O) groups excluding carboxylic acids is 2. The van der Waals surface area contributed by atoms with Crippen LogP contribution in [0.15, 0.2) is 67.0 Å². The number of aromatic nitrogens is 2. The number of fused-ring (bicyclic) bond motifs is 2. The minimum Gasteiger partial charge on any atom is -0.497 e. The van der Waals surface area contributed by atoms with Crippen LogP contribution in [-0.2, 0) is 21.7 Å². The highest BCUT2D eigenvalue weighted by Crippen LogP contribution is 2.40. The van der Waals surface area contributed by atoms with E-state index >= 15 is 0 Å². The van der Waals surface area contributed by atoms with E-state index in [0.29, 0.717) is 43.8 Å². The standard InChI is InChI=1S/C25H26N4O4/c1-32-20-9-7-18(8-10-20)23(31)28-14-11-25(12-15-28)24-26-13-16-29(24)17-21(33-25)22(30)27-19-5-3-2-4-6-19/h2-10,13,16,21H,11-12,14-15,17H2,1H3,(H,27,30)/t21-/m1/s1. The van der Waals surface area contributed by atoms with E-state index in [9.17, 15) is 9.59 Å². The number of anilines is 1. The SMILES string of the molecule is COc1ccc(C(=O)N2CCC3(CC2)O[C@@H](C(=O)Nc2ccccc2)Cn2ccnc23)cc1. The summed E-state index contributed by atoms with van der Waals surface area (Å²) < 4.78 is 13.6. The van der Waals surface area contributed by atoms with Crippen LogP contribution in [0.3, 0.4) is 0 Å². The second-order valence-electron chi connectivity index (χ2n) is 8.38. The zero-order valence-corrected chi connectivity index (χ0v) is 18.4. The van der Waals surface area contributed by atoms with E-state index in [0.717, 1.165) is 11.5 Å². The number of amides is 2. The van der Waals surface area contributed by atoms with Crippen LogP contribution >= 0.6 is 0 Å². The van der Waals surface area contributed by atoms with Gasteiger partial charge in [0.05, 0.1) is 13.7 Å². The van der Waals surface area contributed by atoms with Gasteiger partial charge in [0.25, 0.3) is 11.8 Å². The molecule has 2 aliphatic rings. The summed E-state index contributed by atoms with van der Waals surface area (Å²) in [5.74, 6) is 1.33. The van der Waals surface area contributed by atoms with Crippen molar-refractivity contribution in [2.45, 2.75) is 31.1 Å². The van der Waals surface area contributed by atoms with E-state index in [1.165, 1.54) is 0 Å². The van der Waals surface area contributed by atoms with Gasteiger partial charge in [0.1, 0.15) is 17.2 Å². The van der Waals surface area contributed by atoms with Gasteiger partial charge in [0.2, 0.25) is 0 Å². The second kappa shape index (κ2) is 8.71. The molecule has 1 spiro atoms. The quantitative estimate of drug-likeness (QED) is 0.666. The number of likely N-dealkylation sites (tertiary alicyclic amines) is 1. The molecule has 8 heteroatoms. The Bertz CT molecular complexity index is 1130. The third-order valence-electron chi connectivity index (χ3n) is 6.38. The molecule has 5 rings (SSSR count). The Balaban J connectivity index is 1.31. The number of nitrogens with zero attached hydrogens (tertiary/aromatic N) is 3. The van der Waals surface area contributed by atoms with Crippen molar-refractivity contribution in [2.24, 2.45) is 0 Å². The van der Waals surface area contributed by atoms with Crippen LogP contribution in [0.4, 0.5) is 5.69 Å². The van der Waals surface area contributed by atoms with Crippen molar-refractivity contribution in [1.29, 1.82) is 0 Å². The largest absolute Gasteiger partial charge is 0.497 e. The van der Waals surface area contributed by atoms with Crippen molar-refractivity contribution in [2.75, 3.05) is 25.5 Å². The van der Waals surface area contributed by atoms with Gasteiger partial charge in [0.15, 0.2) is 6.10 Å². The number of para-hydroxylation sites is 1. The lowest BCUT2D eigenvalue weighted by molar-refractivity contribution is -0.168. The summed E-state index contributed by atoms with van der Waals surface area (Å²) in [5.41, 5.74) is 0.659. The van der Waals surface area contributed by atoms with Gasteiger partial charge in [-0.3, -0.25) is 9.59 Å². The summed E-state index contributed by atoms with van der Waals surface area (Å²) in [6.45, 7) is 1.44. The number of ether oxygens (including phenoxy) is 2. The molecule has 170 valence electrons. The molecule has 1 saturated heterocycles. The van der Waals surface area contributed by atoms with E-state index in [-0.39, 0.29) is 11.8 Å². The molecule has 0 saturated carbocycles. The monoisotopic (exact) mass is 446 g/mol. The van der Waals surface area contributed by atoms with Crippen molar-refractivity contribution in [3.8, 4) is 5.75 Å². The predicted octanol–water partition coefficient (Wildman–Crippen LogP) is 3.06. The zero-order chi connectivity index (χ0) is 22.8. The number of nitrogens with one attached hydrogen (secondary N) is 1. The highest BCUT2D eigenvalue weighted by molar-refractivity contribution is 5.95. The number of carbonyl (C=O) groups is 2. The predicted molar refractivity (Wildman–Crippen MR) is 122 cm³/mol. The van der Waals surface area contributed by atoms with E-state index in [2.05, 4.69) is 10.3 Å². The first-order chi connectivity index (χ1) is 16.1. The Morgan fingerprint density at radius 3 is 2.52 bits per heavy atom. The number of hydrogen-bond donors (Lipinski definition) is 1. The number of hydrogen-bond acceptors (Lipinski definition) is 5. The molecule has 0 unspecified atom stereocenters.